The molecule has 2 aromatic rings. The molecular weight excluding hydrogens is 314 g/mol. The van der Waals surface area contributed by atoms with Crippen molar-refractivity contribution in [3.63, 3.8) is 0 Å². The van der Waals surface area contributed by atoms with Crippen LogP contribution in [0.2, 0.25) is 0 Å². The Balaban J connectivity index is 1.47. The second kappa shape index (κ2) is 8.03. The highest BCUT2D eigenvalue weighted by Gasteiger charge is 2.21. The zero-order chi connectivity index (χ0) is 17.6. The molecular formula is C20H25N3O2. The van der Waals surface area contributed by atoms with Crippen molar-refractivity contribution in [2.45, 2.75) is 19.1 Å². The second-order valence-electron chi connectivity index (χ2n) is 6.39. The molecule has 132 valence electrons. The zero-order valence-electron chi connectivity index (χ0n) is 15.0. The second-order valence-corrected chi connectivity index (χ2v) is 6.39. The van der Waals surface area contributed by atoms with Crippen molar-refractivity contribution in [2.24, 2.45) is 5.16 Å². The van der Waals surface area contributed by atoms with Crippen LogP contribution in [0.4, 0.5) is 5.69 Å². The molecule has 0 aliphatic carbocycles. The number of hydrogen-bond donors (Lipinski definition) is 1. The minimum Gasteiger partial charge on any atom is -0.497 e. The third-order valence-corrected chi connectivity index (χ3v) is 4.29. The van der Waals surface area contributed by atoms with Crippen LogP contribution >= 0.6 is 0 Å². The van der Waals surface area contributed by atoms with Gasteiger partial charge in [0.15, 0.2) is 0 Å². The van der Waals surface area contributed by atoms with Crippen molar-refractivity contribution in [2.75, 3.05) is 32.6 Å². The summed E-state index contributed by atoms with van der Waals surface area (Å²) in [6, 6.07) is 16.5. The van der Waals surface area contributed by atoms with Gasteiger partial charge in [-0.05, 0) is 35.4 Å². The Kier molecular flexibility index (Phi) is 5.56. The Morgan fingerprint density at radius 2 is 2.00 bits per heavy atom. The zero-order valence-corrected chi connectivity index (χ0v) is 15.0. The van der Waals surface area contributed by atoms with Crippen molar-refractivity contribution >= 4 is 11.4 Å². The first-order valence-corrected chi connectivity index (χ1v) is 8.50. The summed E-state index contributed by atoms with van der Waals surface area (Å²) in [5.74, 6) is 0.878. The average Bonchev–Trinajstić information content (AvgIpc) is 3.11. The first kappa shape index (κ1) is 17.3. The summed E-state index contributed by atoms with van der Waals surface area (Å²) in [6.45, 7) is 1.55. The number of anilines is 1. The summed E-state index contributed by atoms with van der Waals surface area (Å²) in [7, 11) is 5.76. The maximum absolute atomic E-state index is 5.57. The van der Waals surface area contributed by atoms with Crippen molar-refractivity contribution in [3.8, 4) is 5.75 Å². The van der Waals surface area contributed by atoms with E-state index in [1.54, 1.807) is 7.11 Å². The third-order valence-electron chi connectivity index (χ3n) is 4.29. The van der Waals surface area contributed by atoms with Gasteiger partial charge in [-0.3, -0.25) is 0 Å². The standard InChI is InChI=1S/C20H25N3O2/c1-23(2)17-9-7-16(8-10-17)20-12-19(25-22-20)14-21-13-15-5-4-6-18(11-15)24-3/h4-11,19,21H,12-14H2,1-3H3/t19-/m0/s1. The van der Waals surface area contributed by atoms with E-state index in [0.717, 1.165) is 36.5 Å². The summed E-state index contributed by atoms with van der Waals surface area (Å²) in [4.78, 5) is 7.66. The van der Waals surface area contributed by atoms with E-state index in [1.807, 2.05) is 32.3 Å². The fourth-order valence-corrected chi connectivity index (χ4v) is 2.82. The lowest BCUT2D eigenvalue weighted by Gasteiger charge is -2.12. The number of benzene rings is 2. The highest BCUT2D eigenvalue weighted by Crippen LogP contribution is 2.19. The average molecular weight is 339 g/mol. The van der Waals surface area contributed by atoms with Gasteiger partial charge in [0.1, 0.15) is 11.9 Å². The van der Waals surface area contributed by atoms with Gasteiger partial charge in [0.05, 0.1) is 12.8 Å². The molecule has 2 aromatic carbocycles. The summed E-state index contributed by atoms with van der Waals surface area (Å²) in [5.41, 5.74) is 4.51. The Labute approximate surface area is 149 Å². The maximum Gasteiger partial charge on any atom is 0.145 e. The predicted molar refractivity (Wildman–Crippen MR) is 101 cm³/mol. The quantitative estimate of drug-likeness (QED) is 0.842. The van der Waals surface area contributed by atoms with E-state index in [-0.39, 0.29) is 6.10 Å². The monoisotopic (exact) mass is 339 g/mol. The Morgan fingerprint density at radius 1 is 1.20 bits per heavy atom. The van der Waals surface area contributed by atoms with Gasteiger partial charge >= 0.3 is 0 Å². The lowest BCUT2D eigenvalue weighted by molar-refractivity contribution is 0.0848. The molecule has 0 fully saturated rings. The molecule has 1 aliphatic heterocycles. The van der Waals surface area contributed by atoms with E-state index in [0.29, 0.717) is 0 Å². The van der Waals surface area contributed by atoms with Crippen LogP contribution < -0.4 is 15.0 Å². The fraction of sp³-hybridized carbons (Fsp3) is 0.350. The lowest BCUT2D eigenvalue weighted by atomic mass is 10.0. The fourth-order valence-electron chi connectivity index (χ4n) is 2.82. The molecule has 5 nitrogen and oxygen atoms in total. The molecule has 1 aliphatic rings. The van der Waals surface area contributed by atoms with Crippen LogP contribution in [0.3, 0.4) is 0 Å². The van der Waals surface area contributed by atoms with Crippen LogP contribution in [-0.2, 0) is 11.4 Å². The summed E-state index contributed by atoms with van der Waals surface area (Å²) < 4.78 is 5.25. The molecule has 5 heteroatoms. The smallest absolute Gasteiger partial charge is 0.145 e. The molecule has 3 rings (SSSR count). The van der Waals surface area contributed by atoms with Crippen LogP contribution in [0.1, 0.15) is 17.5 Å². The van der Waals surface area contributed by atoms with E-state index < -0.39 is 0 Å². The van der Waals surface area contributed by atoms with Crippen LogP contribution in [0.15, 0.2) is 53.7 Å². The predicted octanol–water partition coefficient (Wildman–Crippen LogP) is 3.04. The molecule has 0 aromatic heterocycles. The van der Waals surface area contributed by atoms with Crippen LogP contribution in [0.5, 0.6) is 5.75 Å². The minimum absolute atomic E-state index is 0.0779. The number of oxime groups is 1. The molecule has 0 amide bonds. The highest BCUT2D eigenvalue weighted by atomic mass is 16.6. The van der Waals surface area contributed by atoms with Gasteiger partial charge in [0.2, 0.25) is 0 Å². The number of nitrogens with one attached hydrogen (secondary N) is 1. The Hall–Kier alpha value is -2.53. The highest BCUT2D eigenvalue weighted by molar-refractivity contribution is 6.01. The topological polar surface area (TPSA) is 46.1 Å². The molecule has 1 heterocycles. The molecule has 0 bridgehead atoms. The van der Waals surface area contributed by atoms with Crippen LogP contribution in [-0.4, -0.2) is 39.6 Å². The molecule has 0 saturated heterocycles. The summed E-state index contributed by atoms with van der Waals surface area (Å²) >= 11 is 0. The third kappa shape index (κ3) is 4.51. The van der Waals surface area contributed by atoms with Crippen LogP contribution in [0, 0.1) is 0 Å². The normalized spacial score (nSPS) is 16.3. The van der Waals surface area contributed by atoms with Gasteiger partial charge in [0, 0.05) is 39.3 Å². The number of nitrogens with zero attached hydrogens (tertiary/aromatic N) is 2. The molecule has 0 spiro atoms. The Bertz CT molecular complexity index is 726. The van der Waals surface area contributed by atoms with Crippen molar-refractivity contribution in [3.05, 3.63) is 59.7 Å². The summed E-state index contributed by atoms with van der Waals surface area (Å²) in [5, 5.41) is 7.69. The van der Waals surface area contributed by atoms with Gasteiger partial charge in [-0.25, -0.2) is 0 Å². The van der Waals surface area contributed by atoms with Crippen molar-refractivity contribution in [1.29, 1.82) is 0 Å². The number of rotatable bonds is 7. The Morgan fingerprint density at radius 3 is 2.72 bits per heavy atom. The first-order chi connectivity index (χ1) is 12.2. The van der Waals surface area contributed by atoms with Gasteiger partial charge in [0.25, 0.3) is 0 Å². The number of methoxy groups -OCH3 is 1. The van der Waals surface area contributed by atoms with Crippen molar-refractivity contribution in [1.82, 2.24) is 5.32 Å². The van der Waals surface area contributed by atoms with Gasteiger partial charge in [-0.15, -0.1) is 0 Å². The van der Waals surface area contributed by atoms with E-state index >= 15 is 0 Å². The van der Waals surface area contributed by atoms with E-state index in [1.165, 1.54) is 11.3 Å². The van der Waals surface area contributed by atoms with Gasteiger partial charge in [-0.2, -0.15) is 0 Å². The van der Waals surface area contributed by atoms with Crippen molar-refractivity contribution < 1.29 is 9.57 Å². The minimum atomic E-state index is 0.0779. The first-order valence-electron chi connectivity index (χ1n) is 8.50. The largest absolute Gasteiger partial charge is 0.497 e. The van der Waals surface area contributed by atoms with E-state index in [9.17, 15) is 0 Å². The molecule has 1 N–H and O–H groups in total. The van der Waals surface area contributed by atoms with Gasteiger partial charge in [-0.1, -0.05) is 29.4 Å². The molecule has 25 heavy (non-hydrogen) atoms. The van der Waals surface area contributed by atoms with Gasteiger partial charge < -0.3 is 19.8 Å². The number of ether oxygens (including phenoxy) is 1. The van der Waals surface area contributed by atoms with E-state index in [2.05, 4.69) is 45.7 Å². The van der Waals surface area contributed by atoms with E-state index in [4.69, 9.17) is 9.57 Å². The molecule has 0 saturated carbocycles. The maximum atomic E-state index is 5.57. The number of hydrogen-bond acceptors (Lipinski definition) is 5. The molecule has 0 radical (unpaired) electrons. The molecule has 0 unspecified atom stereocenters. The van der Waals surface area contributed by atoms with Crippen LogP contribution in [0.25, 0.3) is 0 Å². The summed E-state index contributed by atoms with van der Waals surface area (Å²) in [6.07, 6.45) is 0.904. The molecule has 1 atom stereocenters. The lowest BCUT2D eigenvalue weighted by Crippen LogP contribution is -2.26. The SMILES string of the molecule is COc1cccc(CNC[C@@H]2CC(c3ccc(N(C)C)cc3)=NO2)c1.